The number of benzene rings is 1. The first-order chi connectivity index (χ1) is 11.5. The molecule has 1 saturated heterocycles. The number of nitrogens with zero attached hydrogens (tertiary/aromatic N) is 3. The number of imidazole rings is 1. The third kappa shape index (κ3) is 2.32. The minimum atomic E-state index is -0.739. The summed E-state index contributed by atoms with van der Waals surface area (Å²) in [5, 5.41) is 9.67. The molecular formula is C18H16ClN3O2. The van der Waals surface area contributed by atoms with Crippen molar-refractivity contribution in [2.24, 2.45) is 5.92 Å². The van der Waals surface area contributed by atoms with Crippen molar-refractivity contribution in [1.82, 2.24) is 9.38 Å². The maximum atomic E-state index is 11.0. The lowest BCUT2D eigenvalue weighted by atomic mass is 9.98. The maximum Gasteiger partial charge on any atom is 0.310 e. The molecule has 1 aromatic carbocycles. The van der Waals surface area contributed by atoms with E-state index in [9.17, 15) is 4.79 Å². The summed E-state index contributed by atoms with van der Waals surface area (Å²) in [5.74, 6) is -1.03. The molecule has 4 rings (SSSR count). The van der Waals surface area contributed by atoms with Crippen LogP contribution in [0.25, 0.3) is 16.9 Å². The molecule has 2 aromatic heterocycles. The molecule has 0 radical (unpaired) electrons. The lowest BCUT2D eigenvalue weighted by Crippen LogP contribution is -2.50. The monoisotopic (exact) mass is 341 g/mol. The Hall–Kier alpha value is -2.53. The van der Waals surface area contributed by atoms with Gasteiger partial charge in [-0.1, -0.05) is 17.7 Å². The lowest BCUT2D eigenvalue weighted by Gasteiger charge is -2.38. The van der Waals surface area contributed by atoms with Crippen molar-refractivity contribution >= 4 is 28.9 Å². The van der Waals surface area contributed by atoms with E-state index in [1.165, 1.54) is 0 Å². The van der Waals surface area contributed by atoms with Crippen LogP contribution in [0.5, 0.6) is 0 Å². The molecule has 0 amide bonds. The zero-order valence-corrected chi connectivity index (χ0v) is 13.9. The summed E-state index contributed by atoms with van der Waals surface area (Å²) in [5.41, 5.74) is 4.60. The number of fused-ring (bicyclic) bond motifs is 1. The van der Waals surface area contributed by atoms with Crippen LogP contribution in [0.2, 0.25) is 5.02 Å². The van der Waals surface area contributed by atoms with Gasteiger partial charge >= 0.3 is 5.97 Å². The molecule has 1 N–H and O–H groups in total. The van der Waals surface area contributed by atoms with E-state index in [0.717, 1.165) is 28.3 Å². The molecule has 24 heavy (non-hydrogen) atoms. The maximum absolute atomic E-state index is 11.0. The largest absolute Gasteiger partial charge is 0.481 e. The van der Waals surface area contributed by atoms with E-state index in [2.05, 4.69) is 0 Å². The summed E-state index contributed by atoms with van der Waals surface area (Å²) in [6.45, 7) is 3.07. The molecule has 6 heteroatoms. The van der Waals surface area contributed by atoms with Gasteiger partial charge in [0.25, 0.3) is 0 Å². The number of aromatic nitrogens is 2. The van der Waals surface area contributed by atoms with Gasteiger partial charge in [-0.15, -0.1) is 0 Å². The highest BCUT2D eigenvalue weighted by atomic mass is 35.5. The summed E-state index contributed by atoms with van der Waals surface area (Å²) in [4.78, 5) is 17.7. The minimum absolute atomic E-state index is 0.291. The van der Waals surface area contributed by atoms with E-state index in [1.807, 2.05) is 58.8 Å². The van der Waals surface area contributed by atoms with E-state index in [0.29, 0.717) is 18.1 Å². The first-order valence-electron chi connectivity index (χ1n) is 7.76. The Labute approximate surface area is 144 Å². The van der Waals surface area contributed by atoms with Gasteiger partial charge in [-0.2, -0.15) is 0 Å². The van der Waals surface area contributed by atoms with Crippen LogP contribution in [-0.2, 0) is 4.79 Å². The third-order valence-corrected chi connectivity index (χ3v) is 4.90. The van der Waals surface area contributed by atoms with Crippen molar-refractivity contribution in [2.45, 2.75) is 6.92 Å². The smallest absolute Gasteiger partial charge is 0.310 e. The summed E-state index contributed by atoms with van der Waals surface area (Å²) in [6, 6.07) is 11.7. The second-order valence-corrected chi connectivity index (χ2v) is 6.49. The zero-order valence-electron chi connectivity index (χ0n) is 13.1. The summed E-state index contributed by atoms with van der Waals surface area (Å²) >= 11 is 6.41. The van der Waals surface area contributed by atoms with Crippen LogP contribution in [0.1, 0.15) is 5.69 Å². The molecule has 3 heterocycles. The number of rotatable bonds is 3. The van der Waals surface area contributed by atoms with E-state index < -0.39 is 5.97 Å². The SMILES string of the molecule is Cc1c(-c2cc(N3CC(C(=O)O)C3)ccc2Cl)nc2ccccn12. The van der Waals surface area contributed by atoms with E-state index >= 15 is 0 Å². The van der Waals surface area contributed by atoms with Crippen LogP contribution < -0.4 is 4.90 Å². The summed E-state index contributed by atoms with van der Waals surface area (Å²) in [7, 11) is 0. The number of halogens is 1. The molecule has 0 spiro atoms. The van der Waals surface area contributed by atoms with Gasteiger partial charge < -0.3 is 14.4 Å². The molecule has 0 saturated carbocycles. The molecule has 5 nitrogen and oxygen atoms in total. The van der Waals surface area contributed by atoms with Crippen molar-refractivity contribution in [3.8, 4) is 11.3 Å². The van der Waals surface area contributed by atoms with Crippen LogP contribution in [0.4, 0.5) is 5.69 Å². The molecule has 0 atom stereocenters. The second kappa shape index (κ2) is 5.53. The fraction of sp³-hybridized carbons (Fsp3) is 0.222. The number of aliphatic carboxylic acids is 1. The predicted molar refractivity (Wildman–Crippen MR) is 93.7 cm³/mol. The molecule has 1 fully saturated rings. The van der Waals surface area contributed by atoms with Crippen molar-refractivity contribution in [1.29, 1.82) is 0 Å². The van der Waals surface area contributed by atoms with Crippen LogP contribution >= 0.6 is 11.6 Å². The normalized spacial score (nSPS) is 14.8. The topological polar surface area (TPSA) is 57.8 Å². The van der Waals surface area contributed by atoms with Crippen LogP contribution in [0, 0.1) is 12.8 Å². The van der Waals surface area contributed by atoms with Crippen LogP contribution in [0.3, 0.4) is 0 Å². The Morgan fingerprint density at radius 2 is 2.08 bits per heavy atom. The number of carbonyl (C=O) groups is 1. The van der Waals surface area contributed by atoms with Crippen molar-refractivity contribution in [3.05, 3.63) is 53.3 Å². The van der Waals surface area contributed by atoms with E-state index in [-0.39, 0.29) is 5.92 Å². The molecule has 1 aliphatic heterocycles. The Bertz CT molecular complexity index is 945. The van der Waals surface area contributed by atoms with Gasteiger partial charge in [0.1, 0.15) is 5.65 Å². The first-order valence-corrected chi connectivity index (χ1v) is 8.14. The van der Waals surface area contributed by atoms with Gasteiger partial charge in [-0.3, -0.25) is 4.79 Å². The van der Waals surface area contributed by atoms with Crippen molar-refractivity contribution in [2.75, 3.05) is 18.0 Å². The summed E-state index contributed by atoms with van der Waals surface area (Å²) in [6.07, 6.45) is 1.98. The Balaban J connectivity index is 1.74. The Morgan fingerprint density at radius 3 is 2.79 bits per heavy atom. The van der Waals surface area contributed by atoms with Crippen LogP contribution in [0.15, 0.2) is 42.6 Å². The molecule has 1 aliphatic rings. The van der Waals surface area contributed by atoms with E-state index in [1.54, 1.807) is 0 Å². The standard InChI is InChI=1S/C18H16ClN3O2/c1-11-17(20-16-4-2-3-7-22(11)16)14-8-13(5-6-15(14)19)21-9-12(10-21)18(23)24/h2-8,12H,9-10H2,1H3,(H,23,24). The zero-order chi connectivity index (χ0) is 16.8. The highest BCUT2D eigenvalue weighted by Gasteiger charge is 2.32. The summed E-state index contributed by atoms with van der Waals surface area (Å²) < 4.78 is 2.03. The fourth-order valence-corrected chi connectivity index (χ4v) is 3.32. The number of hydrogen-bond acceptors (Lipinski definition) is 3. The molecule has 0 unspecified atom stereocenters. The van der Waals surface area contributed by atoms with Gasteiger partial charge in [0, 0.05) is 36.2 Å². The quantitative estimate of drug-likeness (QED) is 0.792. The van der Waals surface area contributed by atoms with Gasteiger partial charge in [-0.25, -0.2) is 4.98 Å². The number of pyridine rings is 1. The van der Waals surface area contributed by atoms with Gasteiger partial charge in [-0.05, 0) is 37.3 Å². The van der Waals surface area contributed by atoms with E-state index in [4.69, 9.17) is 21.7 Å². The van der Waals surface area contributed by atoms with Gasteiger partial charge in [0.2, 0.25) is 0 Å². The lowest BCUT2D eigenvalue weighted by molar-refractivity contribution is -0.142. The number of hydrogen-bond donors (Lipinski definition) is 1. The number of aryl methyl sites for hydroxylation is 1. The predicted octanol–water partition coefficient (Wildman–Crippen LogP) is 3.48. The molecule has 0 bridgehead atoms. The van der Waals surface area contributed by atoms with Gasteiger partial charge in [0.15, 0.2) is 0 Å². The highest BCUT2D eigenvalue weighted by Crippen LogP contribution is 2.35. The average Bonchev–Trinajstić information content (AvgIpc) is 2.84. The Kier molecular flexibility index (Phi) is 3.46. The average molecular weight is 342 g/mol. The third-order valence-electron chi connectivity index (χ3n) is 4.57. The number of carboxylic acids is 1. The van der Waals surface area contributed by atoms with Crippen molar-refractivity contribution in [3.63, 3.8) is 0 Å². The molecule has 122 valence electrons. The van der Waals surface area contributed by atoms with Crippen LogP contribution in [-0.4, -0.2) is 33.6 Å². The fourth-order valence-electron chi connectivity index (χ4n) is 3.11. The first kappa shape index (κ1) is 15.0. The van der Waals surface area contributed by atoms with Crippen molar-refractivity contribution < 1.29 is 9.90 Å². The van der Waals surface area contributed by atoms with Gasteiger partial charge in [0.05, 0.1) is 16.6 Å². The Morgan fingerprint density at radius 1 is 1.29 bits per heavy atom. The number of anilines is 1. The highest BCUT2D eigenvalue weighted by molar-refractivity contribution is 6.33. The second-order valence-electron chi connectivity index (χ2n) is 6.08. The minimum Gasteiger partial charge on any atom is -0.481 e. The number of carboxylic acid groups (broad SMARTS) is 1. The molecular weight excluding hydrogens is 326 g/mol. The molecule has 3 aromatic rings. The molecule has 0 aliphatic carbocycles.